The largest absolute Gasteiger partial charge is 0.492 e. The number of para-hydroxylation sites is 1. The lowest BCUT2D eigenvalue weighted by Crippen LogP contribution is -2.50. The van der Waals surface area contributed by atoms with Crippen molar-refractivity contribution in [1.29, 1.82) is 0 Å². The molecule has 3 heteroatoms. The second-order valence-corrected chi connectivity index (χ2v) is 5.93. The molecule has 1 spiro atoms. The Kier molecular flexibility index (Phi) is 3.76. The van der Waals surface area contributed by atoms with Crippen LogP contribution in [0.3, 0.4) is 0 Å². The van der Waals surface area contributed by atoms with Gasteiger partial charge < -0.3 is 15.2 Å². The van der Waals surface area contributed by atoms with Crippen LogP contribution in [0, 0.1) is 5.92 Å². The van der Waals surface area contributed by atoms with Gasteiger partial charge in [-0.1, -0.05) is 18.2 Å². The average molecular weight is 261 g/mol. The fourth-order valence-electron chi connectivity index (χ4n) is 3.20. The Morgan fingerprint density at radius 2 is 2.11 bits per heavy atom. The van der Waals surface area contributed by atoms with Crippen LogP contribution in [0.1, 0.15) is 32.1 Å². The summed E-state index contributed by atoms with van der Waals surface area (Å²) in [7, 11) is 0. The highest BCUT2D eigenvalue weighted by atomic mass is 16.5. The molecule has 2 aliphatic rings. The van der Waals surface area contributed by atoms with Gasteiger partial charge in [0, 0.05) is 12.6 Å². The molecule has 19 heavy (non-hydrogen) atoms. The molecule has 2 fully saturated rings. The Hall–Kier alpha value is -1.06. The highest BCUT2D eigenvalue weighted by Crippen LogP contribution is 2.44. The maximum Gasteiger partial charge on any atom is 0.119 e. The highest BCUT2D eigenvalue weighted by Gasteiger charge is 2.43. The van der Waals surface area contributed by atoms with Gasteiger partial charge in [-0.3, -0.25) is 0 Å². The SMILES string of the molecule is NC(COc1ccccc1)C1CCOC2(CCC2)C1. The second-order valence-electron chi connectivity index (χ2n) is 5.93. The number of ether oxygens (including phenoxy) is 2. The van der Waals surface area contributed by atoms with Gasteiger partial charge in [0.05, 0.1) is 5.60 Å². The minimum absolute atomic E-state index is 0.113. The lowest BCUT2D eigenvalue weighted by atomic mass is 9.70. The molecule has 104 valence electrons. The van der Waals surface area contributed by atoms with Crippen LogP contribution in [0.4, 0.5) is 0 Å². The Labute approximate surface area is 115 Å². The van der Waals surface area contributed by atoms with Crippen molar-refractivity contribution in [3.63, 3.8) is 0 Å². The molecule has 0 bridgehead atoms. The van der Waals surface area contributed by atoms with E-state index in [0.717, 1.165) is 25.2 Å². The van der Waals surface area contributed by atoms with E-state index in [4.69, 9.17) is 15.2 Å². The molecule has 1 aromatic rings. The number of hydrogen-bond acceptors (Lipinski definition) is 3. The zero-order valence-electron chi connectivity index (χ0n) is 11.4. The molecular formula is C16H23NO2. The van der Waals surface area contributed by atoms with Crippen molar-refractivity contribution in [2.75, 3.05) is 13.2 Å². The van der Waals surface area contributed by atoms with E-state index in [-0.39, 0.29) is 11.6 Å². The summed E-state index contributed by atoms with van der Waals surface area (Å²) in [4.78, 5) is 0. The summed E-state index contributed by atoms with van der Waals surface area (Å²) in [5.41, 5.74) is 6.49. The van der Waals surface area contributed by atoms with Crippen molar-refractivity contribution in [2.45, 2.75) is 43.7 Å². The van der Waals surface area contributed by atoms with Gasteiger partial charge >= 0.3 is 0 Å². The van der Waals surface area contributed by atoms with Crippen molar-refractivity contribution in [2.24, 2.45) is 11.7 Å². The van der Waals surface area contributed by atoms with Crippen molar-refractivity contribution in [3.05, 3.63) is 30.3 Å². The second kappa shape index (κ2) is 5.51. The predicted octanol–water partition coefficient (Wildman–Crippen LogP) is 2.74. The first kappa shape index (κ1) is 12.9. The van der Waals surface area contributed by atoms with Crippen molar-refractivity contribution in [1.82, 2.24) is 0 Å². The van der Waals surface area contributed by atoms with Crippen LogP contribution in [0.2, 0.25) is 0 Å². The van der Waals surface area contributed by atoms with E-state index in [1.54, 1.807) is 0 Å². The molecule has 2 N–H and O–H groups in total. The van der Waals surface area contributed by atoms with Gasteiger partial charge in [0.25, 0.3) is 0 Å². The van der Waals surface area contributed by atoms with E-state index in [2.05, 4.69) is 0 Å². The lowest BCUT2D eigenvalue weighted by Gasteiger charge is -2.48. The van der Waals surface area contributed by atoms with Crippen LogP contribution in [0.25, 0.3) is 0 Å². The van der Waals surface area contributed by atoms with Crippen LogP contribution in [0.15, 0.2) is 30.3 Å². The minimum atomic E-state index is 0.113. The summed E-state index contributed by atoms with van der Waals surface area (Å²) >= 11 is 0. The first-order valence-corrected chi connectivity index (χ1v) is 7.35. The standard InChI is InChI=1S/C16H23NO2/c17-15(12-18-14-5-2-1-3-6-14)13-7-10-19-16(11-13)8-4-9-16/h1-3,5-6,13,15H,4,7-12,17H2. The van der Waals surface area contributed by atoms with Crippen LogP contribution in [-0.2, 0) is 4.74 Å². The fourth-order valence-corrected chi connectivity index (χ4v) is 3.20. The quantitative estimate of drug-likeness (QED) is 0.906. The normalized spacial score (nSPS) is 26.7. The molecule has 0 aromatic heterocycles. The third-order valence-corrected chi connectivity index (χ3v) is 4.59. The molecule has 0 radical (unpaired) electrons. The van der Waals surface area contributed by atoms with Crippen LogP contribution in [-0.4, -0.2) is 24.9 Å². The van der Waals surface area contributed by atoms with Gasteiger partial charge in [0.1, 0.15) is 12.4 Å². The monoisotopic (exact) mass is 261 g/mol. The number of benzene rings is 1. The van der Waals surface area contributed by atoms with E-state index < -0.39 is 0 Å². The Morgan fingerprint density at radius 1 is 1.32 bits per heavy atom. The summed E-state index contributed by atoms with van der Waals surface area (Å²) in [6.45, 7) is 1.47. The fraction of sp³-hybridized carbons (Fsp3) is 0.625. The van der Waals surface area contributed by atoms with Gasteiger partial charge in [-0.05, 0) is 50.2 Å². The highest BCUT2D eigenvalue weighted by molar-refractivity contribution is 5.21. The molecule has 0 amide bonds. The molecule has 1 saturated carbocycles. The van der Waals surface area contributed by atoms with Crippen LogP contribution >= 0.6 is 0 Å². The van der Waals surface area contributed by atoms with Crippen molar-refractivity contribution in [3.8, 4) is 5.75 Å². The molecule has 1 heterocycles. The first-order chi connectivity index (χ1) is 9.27. The summed E-state index contributed by atoms with van der Waals surface area (Å²) in [6, 6.07) is 10.0. The predicted molar refractivity (Wildman–Crippen MR) is 75.2 cm³/mol. The lowest BCUT2D eigenvalue weighted by molar-refractivity contribution is -0.146. The Morgan fingerprint density at radius 3 is 2.79 bits per heavy atom. The molecule has 1 aliphatic carbocycles. The summed E-state index contributed by atoms with van der Waals surface area (Å²) in [5.74, 6) is 1.45. The third kappa shape index (κ3) is 2.93. The minimum Gasteiger partial charge on any atom is -0.492 e. The zero-order valence-corrected chi connectivity index (χ0v) is 11.4. The number of nitrogens with two attached hydrogens (primary N) is 1. The van der Waals surface area contributed by atoms with Gasteiger partial charge in [-0.15, -0.1) is 0 Å². The average Bonchev–Trinajstić information content (AvgIpc) is 2.44. The number of rotatable bonds is 4. The van der Waals surface area contributed by atoms with Crippen LogP contribution in [0.5, 0.6) is 5.75 Å². The molecule has 3 rings (SSSR count). The number of hydrogen-bond donors (Lipinski definition) is 1. The van der Waals surface area contributed by atoms with Crippen molar-refractivity contribution >= 4 is 0 Å². The van der Waals surface area contributed by atoms with Gasteiger partial charge in [-0.25, -0.2) is 0 Å². The summed E-state index contributed by atoms with van der Waals surface area (Å²) < 4.78 is 11.7. The van der Waals surface area contributed by atoms with Gasteiger partial charge in [0.2, 0.25) is 0 Å². The molecule has 3 nitrogen and oxygen atoms in total. The van der Waals surface area contributed by atoms with E-state index in [1.807, 2.05) is 30.3 Å². The smallest absolute Gasteiger partial charge is 0.119 e. The van der Waals surface area contributed by atoms with Gasteiger partial charge in [-0.2, -0.15) is 0 Å². The Bertz CT molecular complexity index is 402. The zero-order chi connectivity index (χ0) is 13.1. The van der Waals surface area contributed by atoms with E-state index in [9.17, 15) is 0 Å². The molecular weight excluding hydrogens is 238 g/mol. The molecule has 1 aromatic carbocycles. The molecule has 2 unspecified atom stereocenters. The first-order valence-electron chi connectivity index (χ1n) is 7.35. The molecule has 2 atom stereocenters. The topological polar surface area (TPSA) is 44.5 Å². The van der Waals surface area contributed by atoms with E-state index >= 15 is 0 Å². The maximum atomic E-state index is 6.32. The Balaban J connectivity index is 1.51. The van der Waals surface area contributed by atoms with Crippen molar-refractivity contribution < 1.29 is 9.47 Å². The molecule has 1 saturated heterocycles. The summed E-state index contributed by atoms with van der Waals surface area (Å²) in [6.07, 6.45) is 5.93. The van der Waals surface area contributed by atoms with E-state index in [1.165, 1.54) is 19.3 Å². The van der Waals surface area contributed by atoms with Crippen LogP contribution < -0.4 is 10.5 Å². The van der Waals surface area contributed by atoms with E-state index in [0.29, 0.717) is 12.5 Å². The van der Waals surface area contributed by atoms with Gasteiger partial charge in [0.15, 0.2) is 0 Å². The summed E-state index contributed by atoms with van der Waals surface area (Å²) in [5, 5.41) is 0. The maximum absolute atomic E-state index is 6.32. The third-order valence-electron chi connectivity index (χ3n) is 4.59. The molecule has 1 aliphatic heterocycles.